The maximum atomic E-state index is 12.0. The van der Waals surface area contributed by atoms with E-state index >= 15 is 0 Å². The van der Waals surface area contributed by atoms with Gasteiger partial charge in [0.2, 0.25) is 0 Å². The zero-order chi connectivity index (χ0) is 17.4. The normalized spacial score (nSPS) is 11.5. The van der Waals surface area contributed by atoms with Gasteiger partial charge in [0.25, 0.3) is 11.8 Å². The Bertz CT molecular complexity index is 671. The fourth-order valence-corrected chi connectivity index (χ4v) is 2.13. The molecule has 2 aromatic carbocycles. The highest BCUT2D eigenvalue weighted by Gasteiger charge is 2.10. The van der Waals surface area contributed by atoms with Gasteiger partial charge in [0, 0.05) is 18.5 Å². The van der Waals surface area contributed by atoms with E-state index in [0.717, 1.165) is 5.56 Å². The number of benzene rings is 2. The highest BCUT2D eigenvalue weighted by molar-refractivity contribution is 5.94. The van der Waals surface area contributed by atoms with E-state index in [1.54, 1.807) is 24.3 Å². The molecular formula is C18H20N2O4. The molecule has 0 heterocycles. The van der Waals surface area contributed by atoms with Gasteiger partial charge < -0.3 is 20.9 Å². The van der Waals surface area contributed by atoms with Crippen molar-refractivity contribution in [2.45, 2.75) is 12.5 Å². The Morgan fingerprint density at radius 2 is 1.75 bits per heavy atom. The predicted octanol–water partition coefficient (Wildman–Crippen LogP) is 0.884. The molecule has 0 radical (unpaired) electrons. The van der Waals surface area contributed by atoms with Crippen LogP contribution in [0.2, 0.25) is 0 Å². The summed E-state index contributed by atoms with van der Waals surface area (Å²) < 4.78 is 5.12. The van der Waals surface area contributed by atoms with E-state index in [2.05, 4.69) is 5.32 Å². The van der Waals surface area contributed by atoms with Crippen molar-refractivity contribution in [3.63, 3.8) is 0 Å². The molecule has 6 nitrogen and oxygen atoms in total. The zero-order valence-corrected chi connectivity index (χ0v) is 13.1. The Morgan fingerprint density at radius 1 is 1.08 bits per heavy atom. The molecule has 4 N–H and O–H groups in total. The van der Waals surface area contributed by atoms with Crippen LogP contribution in [-0.2, 0) is 11.2 Å². The summed E-state index contributed by atoms with van der Waals surface area (Å²) >= 11 is 0. The second kappa shape index (κ2) is 8.69. The van der Waals surface area contributed by atoms with Gasteiger partial charge in [0.05, 0.1) is 6.10 Å². The van der Waals surface area contributed by atoms with Gasteiger partial charge >= 0.3 is 0 Å². The number of carbonyl (C=O) groups is 2. The molecule has 0 aliphatic heterocycles. The minimum atomic E-state index is -0.658. The van der Waals surface area contributed by atoms with Crippen LogP contribution in [0, 0.1) is 0 Å². The molecule has 2 rings (SSSR count). The summed E-state index contributed by atoms with van der Waals surface area (Å²) in [6.07, 6.45) is -0.185. The van der Waals surface area contributed by atoms with Gasteiger partial charge in [-0.15, -0.1) is 0 Å². The van der Waals surface area contributed by atoms with Crippen molar-refractivity contribution >= 4 is 11.8 Å². The summed E-state index contributed by atoms with van der Waals surface area (Å²) in [5.74, 6) is -0.401. The summed E-state index contributed by atoms with van der Waals surface area (Å²) in [6, 6.07) is 15.9. The van der Waals surface area contributed by atoms with Crippen LogP contribution < -0.4 is 15.8 Å². The molecular weight excluding hydrogens is 308 g/mol. The van der Waals surface area contributed by atoms with Crippen molar-refractivity contribution in [2.24, 2.45) is 5.73 Å². The molecule has 0 aromatic heterocycles. The molecule has 0 saturated heterocycles. The second-order valence-corrected chi connectivity index (χ2v) is 5.33. The lowest BCUT2D eigenvalue weighted by atomic mass is 10.1. The Kier molecular flexibility index (Phi) is 6.33. The monoisotopic (exact) mass is 328 g/mol. The van der Waals surface area contributed by atoms with Crippen molar-refractivity contribution in [3.8, 4) is 5.75 Å². The van der Waals surface area contributed by atoms with Crippen LogP contribution in [0.4, 0.5) is 0 Å². The number of aliphatic hydroxyl groups is 1. The minimum absolute atomic E-state index is 0.160. The van der Waals surface area contributed by atoms with Crippen molar-refractivity contribution in [3.05, 3.63) is 65.7 Å². The second-order valence-electron chi connectivity index (χ2n) is 5.33. The average molecular weight is 328 g/mol. The number of primary amides is 1. The number of nitrogens with one attached hydrogen (secondary N) is 1. The van der Waals surface area contributed by atoms with Crippen LogP contribution in [0.1, 0.15) is 15.9 Å². The molecule has 2 amide bonds. The van der Waals surface area contributed by atoms with Crippen LogP contribution in [0.5, 0.6) is 5.75 Å². The van der Waals surface area contributed by atoms with E-state index in [9.17, 15) is 14.7 Å². The maximum absolute atomic E-state index is 12.0. The SMILES string of the molecule is NC(=O)COc1ccc(C(=O)NC[C@H](O)Cc2ccccc2)cc1. The molecule has 0 aliphatic carbocycles. The van der Waals surface area contributed by atoms with Crippen LogP contribution in [0.3, 0.4) is 0 Å². The van der Waals surface area contributed by atoms with Gasteiger partial charge in [-0.25, -0.2) is 0 Å². The fourth-order valence-electron chi connectivity index (χ4n) is 2.13. The van der Waals surface area contributed by atoms with E-state index in [-0.39, 0.29) is 19.1 Å². The molecule has 0 spiro atoms. The third-order valence-corrected chi connectivity index (χ3v) is 3.31. The van der Waals surface area contributed by atoms with Crippen molar-refractivity contribution in [2.75, 3.05) is 13.2 Å². The first kappa shape index (κ1) is 17.5. The van der Waals surface area contributed by atoms with Gasteiger partial charge in [-0.3, -0.25) is 9.59 Å². The van der Waals surface area contributed by atoms with E-state index < -0.39 is 12.0 Å². The lowest BCUT2D eigenvalue weighted by Gasteiger charge is -2.12. The number of hydrogen-bond donors (Lipinski definition) is 3. The number of aliphatic hydroxyl groups excluding tert-OH is 1. The Balaban J connectivity index is 1.80. The van der Waals surface area contributed by atoms with E-state index in [4.69, 9.17) is 10.5 Å². The van der Waals surface area contributed by atoms with E-state index in [1.807, 2.05) is 30.3 Å². The van der Waals surface area contributed by atoms with Crippen LogP contribution in [-0.4, -0.2) is 36.2 Å². The maximum Gasteiger partial charge on any atom is 0.255 e. The third kappa shape index (κ3) is 5.73. The number of carbonyl (C=O) groups excluding carboxylic acids is 2. The topological polar surface area (TPSA) is 102 Å². The van der Waals surface area contributed by atoms with Crippen molar-refractivity contribution < 1.29 is 19.4 Å². The number of nitrogens with two attached hydrogens (primary N) is 1. The highest BCUT2D eigenvalue weighted by atomic mass is 16.5. The number of ether oxygens (including phenoxy) is 1. The lowest BCUT2D eigenvalue weighted by Crippen LogP contribution is -2.33. The van der Waals surface area contributed by atoms with E-state index in [1.165, 1.54) is 0 Å². The first-order valence-corrected chi connectivity index (χ1v) is 7.56. The summed E-state index contributed by atoms with van der Waals surface area (Å²) in [7, 11) is 0. The van der Waals surface area contributed by atoms with Gasteiger partial charge in [-0.2, -0.15) is 0 Å². The zero-order valence-electron chi connectivity index (χ0n) is 13.1. The first-order valence-electron chi connectivity index (χ1n) is 7.56. The predicted molar refractivity (Wildman–Crippen MR) is 89.6 cm³/mol. The average Bonchev–Trinajstić information content (AvgIpc) is 2.59. The third-order valence-electron chi connectivity index (χ3n) is 3.31. The quantitative estimate of drug-likeness (QED) is 0.669. The van der Waals surface area contributed by atoms with Gasteiger partial charge in [0.1, 0.15) is 5.75 Å². The molecule has 0 aliphatic rings. The molecule has 0 unspecified atom stereocenters. The highest BCUT2D eigenvalue weighted by Crippen LogP contribution is 2.12. The minimum Gasteiger partial charge on any atom is -0.484 e. The van der Waals surface area contributed by atoms with Gasteiger partial charge in [-0.1, -0.05) is 30.3 Å². The Morgan fingerprint density at radius 3 is 2.38 bits per heavy atom. The number of amides is 2. The van der Waals surface area contributed by atoms with Crippen LogP contribution in [0.25, 0.3) is 0 Å². The fraction of sp³-hybridized carbons (Fsp3) is 0.222. The molecule has 0 fully saturated rings. The summed E-state index contributed by atoms with van der Waals surface area (Å²) in [5, 5.41) is 12.7. The first-order chi connectivity index (χ1) is 11.5. The Hall–Kier alpha value is -2.86. The standard InChI is InChI=1S/C18H20N2O4/c19-17(22)12-24-16-8-6-14(7-9-16)18(23)20-11-15(21)10-13-4-2-1-3-5-13/h1-9,15,21H,10-12H2,(H2,19,22)(H,20,23)/t15-/m1/s1. The van der Waals surface area contributed by atoms with Crippen molar-refractivity contribution in [1.29, 1.82) is 0 Å². The van der Waals surface area contributed by atoms with E-state index in [0.29, 0.717) is 17.7 Å². The summed E-state index contributed by atoms with van der Waals surface area (Å²) in [6.45, 7) is -0.0507. The van der Waals surface area contributed by atoms with Gasteiger partial charge in [-0.05, 0) is 29.8 Å². The number of rotatable bonds is 8. The molecule has 2 aromatic rings. The smallest absolute Gasteiger partial charge is 0.255 e. The molecule has 6 heteroatoms. The molecule has 1 atom stereocenters. The molecule has 126 valence electrons. The molecule has 24 heavy (non-hydrogen) atoms. The summed E-state index contributed by atoms with van der Waals surface area (Å²) in [5.41, 5.74) is 6.44. The van der Waals surface area contributed by atoms with Crippen LogP contribution >= 0.6 is 0 Å². The Labute approximate surface area is 140 Å². The molecule has 0 bridgehead atoms. The molecule has 0 saturated carbocycles. The largest absolute Gasteiger partial charge is 0.484 e. The summed E-state index contributed by atoms with van der Waals surface area (Å²) in [4.78, 5) is 22.7. The van der Waals surface area contributed by atoms with Crippen molar-refractivity contribution in [1.82, 2.24) is 5.32 Å². The van der Waals surface area contributed by atoms with Crippen LogP contribution in [0.15, 0.2) is 54.6 Å². The lowest BCUT2D eigenvalue weighted by molar-refractivity contribution is -0.119. The van der Waals surface area contributed by atoms with Gasteiger partial charge in [0.15, 0.2) is 6.61 Å². The number of hydrogen-bond acceptors (Lipinski definition) is 4.